The van der Waals surface area contributed by atoms with Crippen molar-refractivity contribution in [1.82, 2.24) is 10.2 Å². The minimum absolute atomic E-state index is 0.138. The van der Waals surface area contributed by atoms with Gasteiger partial charge in [-0.3, -0.25) is 9.69 Å². The van der Waals surface area contributed by atoms with Gasteiger partial charge in [0, 0.05) is 13.6 Å². The quantitative estimate of drug-likeness (QED) is 0.768. The van der Waals surface area contributed by atoms with Gasteiger partial charge in [-0.15, -0.1) is 0 Å². The van der Waals surface area contributed by atoms with E-state index in [0.29, 0.717) is 0 Å². The predicted molar refractivity (Wildman–Crippen MR) is 51.3 cm³/mol. The maximum Gasteiger partial charge on any atom is 0.405 e. The van der Waals surface area contributed by atoms with Crippen LogP contribution in [0.15, 0.2) is 0 Å². The first-order chi connectivity index (χ1) is 7.35. The van der Waals surface area contributed by atoms with Crippen molar-refractivity contribution in [3.63, 3.8) is 0 Å². The van der Waals surface area contributed by atoms with Crippen LogP contribution >= 0.6 is 0 Å². The zero-order chi connectivity index (χ0) is 12.8. The smallest absolute Gasteiger partial charge is 0.358 e. The van der Waals surface area contributed by atoms with Gasteiger partial charge in [0.15, 0.2) is 5.92 Å². The number of hydrogen-bond donors (Lipinski definition) is 1. The summed E-state index contributed by atoms with van der Waals surface area (Å²) in [6.45, 7) is 1.29. The average molecular weight is 237 g/mol. The summed E-state index contributed by atoms with van der Waals surface area (Å²) in [7, 11) is 1.40. The summed E-state index contributed by atoms with van der Waals surface area (Å²) in [5.41, 5.74) is 0. The number of carbonyl (C=O) groups excluding carboxylic acids is 1. The second-order valence-electron chi connectivity index (χ2n) is 3.22. The molecule has 0 aromatic carbocycles. The van der Waals surface area contributed by atoms with E-state index < -0.39 is 18.6 Å². The Labute approximate surface area is 92.0 Å². The monoisotopic (exact) mass is 237 g/mol. The van der Waals surface area contributed by atoms with Crippen LogP contribution in [0.1, 0.15) is 6.92 Å². The number of alkyl halides is 3. The zero-order valence-electron chi connectivity index (χ0n) is 9.14. The van der Waals surface area contributed by atoms with Gasteiger partial charge in [0.2, 0.25) is 5.91 Å². The highest BCUT2D eigenvalue weighted by atomic mass is 19.4. The molecule has 4 nitrogen and oxygen atoms in total. The number of likely N-dealkylation sites (N-methyl/N-ethyl adjacent to an activating group) is 2. The molecule has 0 spiro atoms. The topological polar surface area (TPSA) is 56.1 Å². The van der Waals surface area contributed by atoms with E-state index in [0.717, 1.165) is 0 Å². The van der Waals surface area contributed by atoms with Crippen LogP contribution < -0.4 is 5.32 Å². The van der Waals surface area contributed by atoms with E-state index in [2.05, 4.69) is 5.32 Å². The fourth-order valence-corrected chi connectivity index (χ4v) is 1.06. The maximum absolute atomic E-state index is 12.3. The van der Waals surface area contributed by atoms with Crippen LogP contribution in [-0.4, -0.2) is 43.7 Å². The molecule has 1 atom stereocenters. The molecule has 0 aliphatic carbocycles. The number of nitriles is 1. The summed E-state index contributed by atoms with van der Waals surface area (Å²) in [4.78, 5) is 12.3. The molecule has 0 aliphatic heterocycles. The molecule has 16 heavy (non-hydrogen) atoms. The van der Waals surface area contributed by atoms with Crippen molar-refractivity contribution in [3.8, 4) is 6.07 Å². The first kappa shape index (κ1) is 14.7. The van der Waals surface area contributed by atoms with Gasteiger partial charge < -0.3 is 5.32 Å². The molecule has 0 bridgehead atoms. The summed E-state index contributed by atoms with van der Waals surface area (Å²) in [6.07, 6.45) is -4.55. The molecular weight excluding hydrogens is 223 g/mol. The third-order valence-corrected chi connectivity index (χ3v) is 2.08. The van der Waals surface area contributed by atoms with Gasteiger partial charge in [-0.05, 0) is 6.54 Å². The number of amides is 1. The van der Waals surface area contributed by atoms with Gasteiger partial charge in [0.1, 0.15) is 0 Å². The Morgan fingerprint density at radius 3 is 2.44 bits per heavy atom. The van der Waals surface area contributed by atoms with Crippen LogP contribution in [0.25, 0.3) is 0 Å². The Balaban J connectivity index is 4.41. The number of hydrogen-bond acceptors (Lipinski definition) is 3. The Hall–Kier alpha value is -1.29. The molecule has 0 aliphatic rings. The third-order valence-electron chi connectivity index (χ3n) is 2.08. The second-order valence-corrected chi connectivity index (χ2v) is 3.22. The van der Waals surface area contributed by atoms with E-state index in [1.54, 1.807) is 6.92 Å². The summed E-state index contributed by atoms with van der Waals surface area (Å²) in [5, 5.41) is 10.7. The highest BCUT2D eigenvalue weighted by Gasteiger charge is 2.40. The first-order valence-electron chi connectivity index (χ1n) is 4.74. The SMILES string of the molecule is CCN(CC(=O)NC)CC(C#N)C(F)(F)F. The number of rotatable bonds is 5. The molecule has 0 rings (SSSR count). The van der Waals surface area contributed by atoms with Crippen molar-refractivity contribution in [1.29, 1.82) is 5.26 Å². The van der Waals surface area contributed by atoms with Crippen molar-refractivity contribution in [3.05, 3.63) is 0 Å². The number of halogens is 3. The summed E-state index contributed by atoms with van der Waals surface area (Å²) < 4.78 is 36.9. The second kappa shape index (κ2) is 6.33. The Bertz CT molecular complexity index is 272. The lowest BCUT2D eigenvalue weighted by Gasteiger charge is -2.23. The first-order valence-corrected chi connectivity index (χ1v) is 4.74. The number of nitrogens with zero attached hydrogens (tertiary/aromatic N) is 2. The molecule has 1 amide bonds. The Morgan fingerprint density at radius 1 is 1.56 bits per heavy atom. The van der Waals surface area contributed by atoms with Gasteiger partial charge in [0.05, 0.1) is 12.6 Å². The summed E-state index contributed by atoms with van der Waals surface area (Å²) in [6, 6.07) is 1.20. The Kier molecular flexibility index (Phi) is 5.82. The zero-order valence-corrected chi connectivity index (χ0v) is 9.14. The van der Waals surface area contributed by atoms with Crippen molar-refractivity contribution in [2.75, 3.05) is 26.7 Å². The minimum Gasteiger partial charge on any atom is -0.358 e. The van der Waals surface area contributed by atoms with Crippen molar-refractivity contribution in [2.45, 2.75) is 13.1 Å². The molecule has 0 heterocycles. The molecule has 0 radical (unpaired) electrons. The van der Waals surface area contributed by atoms with Gasteiger partial charge in [-0.1, -0.05) is 6.92 Å². The van der Waals surface area contributed by atoms with Gasteiger partial charge in [0.25, 0.3) is 0 Å². The van der Waals surface area contributed by atoms with Gasteiger partial charge >= 0.3 is 6.18 Å². The molecular formula is C9H14F3N3O. The molecule has 92 valence electrons. The van der Waals surface area contributed by atoms with Crippen molar-refractivity contribution in [2.24, 2.45) is 5.92 Å². The predicted octanol–water partition coefficient (Wildman–Crippen LogP) is 0.756. The van der Waals surface area contributed by atoms with Crippen LogP contribution in [0, 0.1) is 17.2 Å². The average Bonchev–Trinajstić information content (AvgIpc) is 2.21. The number of carbonyl (C=O) groups is 1. The van der Waals surface area contributed by atoms with Gasteiger partial charge in [-0.2, -0.15) is 18.4 Å². The van der Waals surface area contributed by atoms with Crippen LogP contribution in [0.5, 0.6) is 0 Å². The minimum atomic E-state index is -4.55. The van der Waals surface area contributed by atoms with Gasteiger partial charge in [-0.25, -0.2) is 0 Å². The molecule has 1 N–H and O–H groups in total. The standard InChI is InChI=1S/C9H14F3N3O/c1-3-15(6-8(16)14-2)5-7(4-13)9(10,11)12/h7H,3,5-6H2,1-2H3,(H,14,16). The third kappa shape index (κ3) is 4.98. The van der Waals surface area contributed by atoms with E-state index in [9.17, 15) is 18.0 Å². The fraction of sp³-hybridized carbons (Fsp3) is 0.778. The van der Waals surface area contributed by atoms with E-state index in [-0.39, 0.29) is 19.0 Å². The summed E-state index contributed by atoms with van der Waals surface area (Å²) in [5.74, 6) is -2.43. The molecule has 0 saturated carbocycles. The van der Waals surface area contributed by atoms with Crippen molar-refractivity contribution < 1.29 is 18.0 Å². The maximum atomic E-state index is 12.3. The molecule has 0 saturated heterocycles. The molecule has 0 fully saturated rings. The lowest BCUT2D eigenvalue weighted by atomic mass is 10.1. The van der Waals surface area contributed by atoms with E-state index in [1.165, 1.54) is 18.0 Å². The van der Waals surface area contributed by atoms with Crippen LogP contribution in [0.4, 0.5) is 13.2 Å². The largest absolute Gasteiger partial charge is 0.405 e. The molecule has 0 aromatic heterocycles. The van der Waals surface area contributed by atoms with Crippen LogP contribution in [-0.2, 0) is 4.79 Å². The van der Waals surface area contributed by atoms with E-state index in [4.69, 9.17) is 5.26 Å². The summed E-state index contributed by atoms with van der Waals surface area (Å²) >= 11 is 0. The van der Waals surface area contributed by atoms with Crippen LogP contribution in [0.3, 0.4) is 0 Å². The normalized spacial score (nSPS) is 13.3. The lowest BCUT2D eigenvalue weighted by Crippen LogP contribution is -2.41. The van der Waals surface area contributed by atoms with Crippen molar-refractivity contribution >= 4 is 5.91 Å². The lowest BCUT2D eigenvalue weighted by molar-refractivity contribution is -0.163. The number of nitrogens with one attached hydrogen (secondary N) is 1. The molecule has 1 unspecified atom stereocenters. The van der Waals surface area contributed by atoms with E-state index >= 15 is 0 Å². The molecule has 0 aromatic rings. The molecule has 7 heteroatoms. The fourth-order valence-electron chi connectivity index (χ4n) is 1.06. The van der Waals surface area contributed by atoms with E-state index in [1.807, 2.05) is 0 Å². The van der Waals surface area contributed by atoms with Crippen LogP contribution in [0.2, 0.25) is 0 Å². The highest BCUT2D eigenvalue weighted by molar-refractivity contribution is 5.77. The highest BCUT2D eigenvalue weighted by Crippen LogP contribution is 2.26. The Morgan fingerprint density at radius 2 is 2.12 bits per heavy atom.